The largest absolute Gasteiger partial charge is 0.357 e. The summed E-state index contributed by atoms with van der Waals surface area (Å²) in [5.41, 5.74) is 3.41. The predicted molar refractivity (Wildman–Crippen MR) is 99.4 cm³/mol. The number of rotatable bonds is 4. The number of aryl methyl sites for hydroxylation is 2. The molecule has 6 heteroatoms. The van der Waals surface area contributed by atoms with Gasteiger partial charge in [0.05, 0.1) is 11.0 Å². The second kappa shape index (κ2) is 8.21. The van der Waals surface area contributed by atoms with Gasteiger partial charge in [-0.2, -0.15) is 0 Å². The molecule has 0 amide bonds. The van der Waals surface area contributed by atoms with Gasteiger partial charge in [0.1, 0.15) is 12.4 Å². The van der Waals surface area contributed by atoms with Crippen LogP contribution >= 0.6 is 24.0 Å². The molecule has 0 aliphatic heterocycles. The van der Waals surface area contributed by atoms with Gasteiger partial charge in [-0.1, -0.05) is 6.07 Å². The molecule has 5 nitrogen and oxygen atoms in total. The van der Waals surface area contributed by atoms with Gasteiger partial charge < -0.3 is 15.2 Å². The Hall–Kier alpha value is -1.31. The first-order valence-electron chi connectivity index (χ1n) is 7.09. The summed E-state index contributed by atoms with van der Waals surface area (Å²) in [4.78, 5) is 9.23. The van der Waals surface area contributed by atoms with Crippen LogP contribution in [0.1, 0.15) is 25.2 Å². The number of aliphatic imine (C=N–C) groups is 1. The molecule has 0 spiro atoms. The van der Waals surface area contributed by atoms with Crippen LogP contribution in [-0.2, 0) is 13.6 Å². The van der Waals surface area contributed by atoms with Crippen molar-refractivity contribution in [3.05, 3.63) is 29.6 Å². The molecular formula is C15H24IN5. The van der Waals surface area contributed by atoms with Crippen molar-refractivity contribution in [3.8, 4) is 0 Å². The molecule has 0 fully saturated rings. The van der Waals surface area contributed by atoms with Crippen LogP contribution in [0.3, 0.4) is 0 Å². The van der Waals surface area contributed by atoms with Crippen LogP contribution in [-0.4, -0.2) is 28.6 Å². The molecule has 21 heavy (non-hydrogen) atoms. The SMILES string of the molecule is CCNC(=NCc1nc2cc(C)ccc2n1C)NCC.I. The van der Waals surface area contributed by atoms with E-state index in [1.165, 1.54) is 5.56 Å². The summed E-state index contributed by atoms with van der Waals surface area (Å²) in [5.74, 6) is 1.80. The van der Waals surface area contributed by atoms with Gasteiger partial charge in [0.15, 0.2) is 5.96 Å². The molecule has 0 unspecified atom stereocenters. The lowest BCUT2D eigenvalue weighted by Gasteiger charge is -2.08. The number of nitrogens with zero attached hydrogens (tertiary/aromatic N) is 3. The third kappa shape index (κ3) is 4.33. The van der Waals surface area contributed by atoms with Gasteiger partial charge in [0.25, 0.3) is 0 Å². The number of imidazole rings is 1. The molecule has 0 atom stereocenters. The number of hydrogen-bond acceptors (Lipinski definition) is 2. The molecule has 2 N–H and O–H groups in total. The summed E-state index contributed by atoms with van der Waals surface area (Å²) in [7, 11) is 2.04. The molecular weight excluding hydrogens is 377 g/mol. The summed E-state index contributed by atoms with van der Waals surface area (Å²) in [5, 5.41) is 6.44. The van der Waals surface area contributed by atoms with E-state index in [1.807, 2.05) is 7.05 Å². The molecule has 0 saturated carbocycles. The molecule has 0 aliphatic rings. The van der Waals surface area contributed by atoms with Crippen LogP contribution in [0.5, 0.6) is 0 Å². The van der Waals surface area contributed by atoms with Crippen LogP contribution in [0.4, 0.5) is 0 Å². The van der Waals surface area contributed by atoms with E-state index in [9.17, 15) is 0 Å². The Morgan fingerprint density at radius 3 is 2.52 bits per heavy atom. The Bertz CT molecular complexity index is 610. The predicted octanol–water partition coefficient (Wildman–Crippen LogP) is 2.57. The van der Waals surface area contributed by atoms with Crippen LogP contribution in [0, 0.1) is 6.92 Å². The van der Waals surface area contributed by atoms with Crippen LogP contribution in [0.15, 0.2) is 23.2 Å². The van der Waals surface area contributed by atoms with Crippen molar-refractivity contribution in [2.45, 2.75) is 27.3 Å². The first-order chi connectivity index (χ1) is 9.65. The lowest BCUT2D eigenvalue weighted by Crippen LogP contribution is -2.37. The number of hydrogen-bond donors (Lipinski definition) is 2. The first-order valence-corrected chi connectivity index (χ1v) is 7.09. The summed E-state index contributed by atoms with van der Waals surface area (Å²) in [6.07, 6.45) is 0. The number of fused-ring (bicyclic) bond motifs is 1. The van der Waals surface area contributed by atoms with Crippen molar-refractivity contribution >= 4 is 41.0 Å². The van der Waals surface area contributed by atoms with Crippen molar-refractivity contribution in [1.82, 2.24) is 20.2 Å². The quantitative estimate of drug-likeness (QED) is 0.471. The van der Waals surface area contributed by atoms with Gasteiger partial charge in [-0.25, -0.2) is 9.98 Å². The van der Waals surface area contributed by atoms with Crippen molar-refractivity contribution in [1.29, 1.82) is 0 Å². The fourth-order valence-corrected chi connectivity index (χ4v) is 2.16. The number of nitrogens with one attached hydrogen (secondary N) is 2. The molecule has 0 aliphatic carbocycles. The standard InChI is InChI=1S/C15H23N5.HI/c1-5-16-15(17-6-2)18-10-14-19-12-9-11(3)7-8-13(12)20(14)4;/h7-9H,5-6,10H2,1-4H3,(H2,16,17,18);1H. The van der Waals surface area contributed by atoms with E-state index in [1.54, 1.807) is 0 Å². The van der Waals surface area contributed by atoms with E-state index in [0.29, 0.717) is 6.54 Å². The van der Waals surface area contributed by atoms with E-state index in [0.717, 1.165) is 35.9 Å². The highest BCUT2D eigenvalue weighted by Gasteiger charge is 2.07. The van der Waals surface area contributed by atoms with Crippen LogP contribution in [0.2, 0.25) is 0 Å². The number of guanidine groups is 1. The fraction of sp³-hybridized carbons (Fsp3) is 0.467. The molecule has 2 aromatic rings. The minimum atomic E-state index is 0. The van der Waals surface area contributed by atoms with E-state index in [2.05, 4.69) is 64.1 Å². The van der Waals surface area contributed by atoms with E-state index < -0.39 is 0 Å². The van der Waals surface area contributed by atoms with E-state index >= 15 is 0 Å². The Morgan fingerprint density at radius 2 is 1.90 bits per heavy atom. The lowest BCUT2D eigenvalue weighted by atomic mass is 10.2. The van der Waals surface area contributed by atoms with E-state index in [4.69, 9.17) is 0 Å². The number of aromatic nitrogens is 2. The molecule has 1 heterocycles. The van der Waals surface area contributed by atoms with Crippen molar-refractivity contribution < 1.29 is 0 Å². The Labute approximate surface area is 143 Å². The summed E-state index contributed by atoms with van der Waals surface area (Å²) >= 11 is 0. The average Bonchev–Trinajstić information content (AvgIpc) is 2.72. The van der Waals surface area contributed by atoms with Crippen molar-refractivity contribution in [3.63, 3.8) is 0 Å². The highest BCUT2D eigenvalue weighted by Crippen LogP contribution is 2.16. The van der Waals surface area contributed by atoms with Gasteiger partial charge in [-0.05, 0) is 38.5 Å². The monoisotopic (exact) mass is 401 g/mol. The van der Waals surface area contributed by atoms with Gasteiger partial charge in [-0.15, -0.1) is 24.0 Å². The van der Waals surface area contributed by atoms with Crippen molar-refractivity contribution in [2.24, 2.45) is 12.0 Å². The molecule has 0 saturated heterocycles. The lowest BCUT2D eigenvalue weighted by molar-refractivity contribution is 0.787. The van der Waals surface area contributed by atoms with Gasteiger partial charge in [0.2, 0.25) is 0 Å². The number of halogens is 1. The zero-order valence-corrected chi connectivity index (χ0v) is 15.4. The van der Waals surface area contributed by atoms with Crippen LogP contribution < -0.4 is 10.6 Å². The maximum Gasteiger partial charge on any atom is 0.191 e. The highest BCUT2D eigenvalue weighted by molar-refractivity contribution is 14.0. The summed E-state index contributed by atoms with van der Waals surface area (Å²) < 4.78 is 2.10. The molecule has 0 bridgehead atoms. The first kappa shape index (κ1) is 17.7. The number of benzene rings is 1. The second-order valence-electron chi connectivity index (χ2n) is 4.80. The Balaban J connectivity index is 0.00000220. The zero-order valence-electron chi connectivity index (χ0n) is 13.1. The van der Waals surface area contributed by atoms with Crippen LogP contribution in [0.25, 0.3) is 11.0 Å². The fourth-order valence-electron chi connectivity index (χ4n) is 2.16. The summed E-state index contributed by atoms with van der Waals surface area (Å²) in [6, 6.07) is 6.33. The Morgan fingerprint density at radius 1 is 1.24 bits per heavy atom. The topological polar surface area (TPSA) is 54.2 Å². The molecule has 116 valence electrons. The molecule has 0 radical (unpaired) electrons. The van der Waals surface area contributed by atoms with Crippen molar-refractivity contribution in [2.75, 3.05) is 13.1 Å². The normalized spacial score (nSPS) is 10.1. The molecule has 2 rings (SSSR count). The average molecular weight is 401 g/mol. The maximum absolute atomic E-state index is 4.67. The second-order valence-corrected chi connectivity index (χ2v) is 4.80. The summed E-state index contributed by atoms with van der Waals surface area (Å²) in [6.45, 7) is 8.48. The zero-order chi connectivity index (χ0) is 14.5. The minimum absolute atomic E-state index is 0. The smallest absolute Gasteiger partial charge is 0.191 e. The third-order valence-corrected chi connectivity index (χ3v) is 3.20. The minimum Gasteiger partial charge on any atom is -0.357 e. The maximum atomic E-state index is 4.67. The van der Waals surface area contributed by atoms with Gasteiger partial charge in [0, 0.05) is 20.1 Å². The third-order valence-electron chi connectivity index (χ3n) is 3.20. The van der Waals surface area contributed by atoms with Gasteiger partial charge >= 0.3 is 0 Å². The highest BCUT2D eigenvalue weighted by atomic mass is 127. The van der Waals surface area contributed by atoms with E-state index in [-0.39, 0.29) is 24.0 Å². The van der Waals surface area contributed by atoms with Gasteiger partial charge in [-0.3, -0.25) is 0 Å². The molecule has 1 aromatic carbocycles. The Kier molecular flexibility index (Phi) is 6.94. The molecule has 1 aromatic heterocycles.